The normalized spacial score (nSPS) is 11.3. The van der Waals surface area contributed by atoms with E-state index in [4.69, 9.17) is 0 Å². The zero-order chi connectivity index (χ0) is 7.28. The lowest BCUT2D eigenvalue weighted by Gasteiger charge is -2.07. The molecule has 9 heavy (non-hydrogen) atoms. The second-order valence-corrected chi connectivity index (χ2v) is 2.96. The summed E-state index contributed by atoms with van der Waals surface area (Å²) < 4.78 is 0. The van der Waals surface area contributed by atoms with Gasteiger partial charge in [0.25, 0.3) is 0 Å². The standard InChI is InChI=1S/C7H18N2/c1-8(2)6-5-7-9(3)4/h5-7H2,1-4H3/q+1. The van der Waals surface area contributed by atoms with Gasteiger partial charge in [0, 0.05) is 13.0 Å². The Morgan fingerprint density at radius 2 is 1.78 bits per heavy atom. The maximum Gasteiger partial charge on any atom is 0.123 e. The third-order valence-corrected chi connectivity index (χ3v) is 1.21. The fourth-order valence-corrected chi connectivity index (χ4v) is 0.703. The number of hydrogen-bond donors (Lipinski definition) is 0. The van der Waals surface area contributed by atoms with Gasteiger partial charge in [0.05, 0.1) is 0 Å². The Hall–Kier alpha value is -0.0800. The van der Waals surface area contributed by atoms with Crippen LogP contribution in [0.15, 0.2) is 0 Å². The average Bonchev–Trinajstić information content (AvgIpc) is 1.63. The fourth-order valence-electron chi connectivity index (χ4n) is 0.703. The lowest BCUT2D eigenvalue weighted by molar-refractivity contribution is 0.381. The van der Waals surface area contributed by atoms with E-state index in [1.54, 1.807) is 0 Å². The Morgan fingerprint density at radius 1 is 1.22 bits per heavy atom. The van der Waals surface area contributed by atoms with Gasteiger partial charge in [-0.3, -0.25) is 0 Å². The van der Waals surface area contributed by atoms with Crippen LogP contribution in [0, 0.1) is 0 Å². The van der Waals surface area contributed by atoms with Gasteiger partial charge in [0.2, 0.25) is 0 Å². The summed E-state index contributed by atoms with van der Waals surface area (Å²) in [7, 11) is 8.43. The van der Waals surface area contributed by atoms with Crippen molar-refractivity contribution in [2.45, 2.75) is 6.42 Å². The summed E-state index contributed by atoms with van der Waals surface area (Å²) in [6.45, 7) is 2.39. The summed E-state index contributed by atoms with van der Waals surface area (Å²) in [5, 5.41) is 0. The second-order valence-electron chi connectivity index (χ2n) is 2.96. The Balaban J connectivity index is 2.91. The number of rotatable bonds is 4. The van der Waals surface area contributed by atoms with Crippen LogP contribution in [0.3, 0.4) is 0 Å². The molecule has 0 fully saturated rings. The highest BCUT2D eigenvalue weighted by atomic mass is 15.1. The summed E-state index contributed by atoms with van der Waals surface area (Å²) in [6, 6.07) is 0. The molecule has 0 rings (SSSR count). The molecule has 0 saturated heterocycles. The van der Waals surface area contributed by atoms with Crippen molar-refractivity contribution in [2.24, 2.45) is 0 Å². The molecule has 0 heterocycles. The van der Waals surface area contributed by atoms with E-state index in [0.717, 1.165) is 0 Å². The van der Waals surface area contributed by atoms with Gasteiger partial charge in [0.1, 0.15) is 20.6 Å². The molecule has 2 nitrogen and oxygen atoms in total. The molecule has 0 aliphatic rings. The third-order valence-electron chi connectivity index (χ3n) is 1.21. The minimum absolute atomic E-state index is 1.19. The third kappa shape index (κ3) is 7.92. The van der Waals surface area contributed by atoms with E-state index in [2.05, 4.69) is 38.0 Å². The summed E-state index contributed by atoms with van der Waals surface area (Å²) in [6.07, 6.45) is 1.26. The van der Waals surface area contributed by atoms with Gasteiger partial charge in [-0.05, 0) is 14.1 Å². The van der Waals surface area contributed by atoms with Gasteiger partial charge < -0.3 is 4.90 Å². The number of hydrogen-bond acceptors (Lipinski definition) is 2. The quantitative estimate of drug-likeness (QED) is 0.499. The summed E-state index contributed by atoms with van der Waals surface area (Å²) in [5.41, 5.74) is 0. The zero-order valence-electron chi connectivity index (χ0n) is 7.02. The van der Waals surface area contributed by atoms with Crippen molar-refractivity contribution in [3.05, 3.63) is 0 Å². The van der Waals surface area contributed by atoms with Crippen molar-refractivity contribution in [2.75, 3.05) is 41.3 Å². The first-order valence-electron chi connectivity index (χ1n) is 3.42. The lowest BCUT2D eigenvalue weighted by Crippen LogP contribution is -2.24. The molecule has 0 unspecified atom stereocenters. The van der Waals surface area contributed by atoms with Gasteiger partial charge in [0.15, 0.2) is 0 Å². The molecule has 1 radical (unpaired) electrons. The summed E-state index contributed by atoms with van der Waals surface area (Å²) in [5.74, 6) is 0. The van der Waals surface area contributed by atoms with Gasteiger partial charge in [-0.15, -0.1) is 0 Å². The minimum atomic E-state index is 1.19. The Bertz CT molecular complexity index is 51.9. The maximum atomic E-state index is 2.21. The van der Waals surface area contributed by atoms with Crippen LogP contribution in [-0.4, -0.2) is 46.2 Å². The molecule has 0 aromatic rings. The van der Waals surface area contributed by atoms with Crippen LogP contribution in [-0.2, 0) is 0 Å². The molecular formula is C7H18N2+. The summed E-state index contributed by atoms with van der Waals surface area (Å²) >= 11 is 0. The van der Waals surface area contributed by atoms with E-state index in [9.17, 15) is 0 Å². The predicted molar refractivity (Wildman–Crippen MR) is 42.0 cm³/mol. The number of nitrogens with zero attached hydrogens (tertiary/aromatic N) is 2. The van der Waals surface area contributed by atoms with Crippen molar-refractivity contribution in [1.82, 2.24) is 9.80 Å². The van der Waals surface area contributed by atoms with Gasteiger partial charge in [-0.2, -0.15) is 4.90 Å². The van der Waals surface area contributed by atoms with Crippen LogP contribution >= 0.6 is 0 Å². The van der Waals surface area contributed by atoms with E-state index >= 15 is 0 Å². The van der Waals surface area contributed by atoms with Crippen molar-refractivity contribution in [3.63, 3.8) is 0 Å². The molecule has 55 valence electrons. The fraction of sp³-hybridized carbons (Fsp3) is 1.00. The zero-order valence-corrected chi connectivity index (χ0v) is 7.02. The first-order valence-corrected chi connectivity index (χ1v) is 3.42. The molecule has 0 N–H and O–H groups in total. The van der Waals surface area contributed by atoms with E-state index in [1.807, 2.05) is 0 Å². The largest absolute Gasteiger partial charge is 0.309 e. The van der Waals surface area contributed by atoms with Crippen LogP contribution < -0.4 is 4.90 Å². The molecule has 0 saturated carbocycles. The predicted octanol–water partition coefficient (Wildman–Crippen LogP) is 0.338. The molecule has 0 aliphatic heterocycles. The lowest BCUT2D eigenvalue weighted by atomic mass is 10.4. The van der Waals surface area contributed by atoms with Crippen molar-refractivity contribution in [3.8, 4) is 0 Å². The van der Waals surface area contributed by atoms with Crippen LogP contribution in [0.4, 0.5) is 0 Å². The van der Waals surface area contributed by atoms with E-state index in [0.29, 0.717) is 0 Å². The molecular weight excluding hydrogens is 112 g/mol. The van der Waals surface area contributed by atoms with Crippen molar-refractivity contribution >= 4 is 0 Å². The van der Waals surface area contributed by atoms with E-state index in [1.165, 1.54) is 19.5 Å². The molecule has 0 amide bonds. The average molecular weight is 130 g/mol. The highest BCUT2D eigenvalue weighted by Crippen LogP contribution is 1.82. The summed E-state index contributed by atoms with van der Waals surface area (Å²) in [4.78, 5) is 4.42. The first kappa shape index (κ1) is 8.92. The molecule has 0 aromatic carbocycles. The molecule has 0 bridgehead atoms. The molecule has 0 spiro atoms. The van der Waals surface area contributed by atoms with E-state index in [-0.39, 0.29) is 0 Å². The van der Waals surface area contributed by atoms with Crippen LogP contribution in [0.1, 0.15) is 6.42 Å². The van der Waals surface area contributed by atoms with Crippen molar-refractivity contribution in [1.29, 1.82) is 0 Å². The second kappa shape index (κ2) is 4.77. The first-order chi connectivity index (χ1) is 4.13. The van der Waals surface area contributed by atoms with Crippen LogP contribution in [0.25, 0.3) is 0 Å². The van der Waals surface area contributed by atoms with Crippen molar-refractivity contribution < 1.29 is 0 Å². The Labute approximate surface area is 58.4 Å². The smallest absolute Gasteiger partial charge is 0.123 e. The van der Waals surface area contributed by atoms with E-state index < -0.39 is 0 Å². The Kier molecular flexibility index (Phi) is 4.72. The van der Waals surface area contributed by atoms with Gasteiger partial charge in [-0.1, -0.05) is 0 Å². The van der Waals surface area contributed by atoms with Gasteiger partial charge >= 0.3 is 0 Å². The monoisotopic (exact) mass is 130 g/mol. The molecule has 0 aliphatic carbocycles. The highest BCUT2D eigenvalue weighted by molar-refractivity contribution is 4.50. The maximum absolute atomic E-state index is 2.21. The molecule has 0 aromatic heterocycles. The van der Waals surface area contributed by atoms with Crippen LogP contribution in [0.2, 0.25) is 0 Å². The van der Waals surface area contributed by atoms with Crippen LogP contribution in [0.5, 0.6) is 0 Å². The van der Waals surface area contributed by atoms with Gasteiger partial charge in [-0.25, -0.2) is 0 Å². The SMILES string of the molecule is CN(C)CCC[N+](C)C. The molecule has 2 heteroatoms. The highest BCUT2D eigenvalue weighted by Gasteiger charge is 1.97. The molecule has 0 atom stereocenters. The topological polar surface area (TPSA) is 9.14 Å². The minimum Gasteiger partial charge on any atom is -0.309 e. The Morgan fingerprint density at radius 3 is 2.11 bits per heavy atom.